The van der Waals surface area contributed by atoms with E-state index >= 15 is 0 Å². The van der Waals surface area contributed by atoms with E-state index in [4.69, 9.17) is 0 Å². The molecule has 1 aromatic carbocycles. The summed E-state index contributed by atoms with van der Waals surface area (Å²) in [4.78, 5) is 25.5. The second-order valence-electron chi connectivity index (χ2n) is 6.48. The topological polar surface area (TPSA) is 49.4 Å². The van der Waals surface area contributed by atoms with Gasteiger partial charge in [-0.2, -0.15) is 0 Å². The molecule has 3 rings (SSSR count). The Kier molecular flexibility index (Phi) is 4.79. The average Bonchev–Trinajstić information content (AvgIpc) is 2.82. The minimum atomic E-state index is 0.0547. The van der Waals surface area contributed by atoms with Gasteiger partial charge in [0.25, 0.3) is 0 Å². The summed E-state index contributed by atoms with van der Waals surface area (Å²) in [6, 6.07) is 5.87. The van der Waals surface area contributed by atoms with Gasteiger partial charge in [-0.15, -0.1) is 0 Å². The van der Waals surface area contributed by atoms with Crippen LogP contribution in [0.2, 0.25) is 0 Å². The number of hydrogen-bond donors (Lipinski definition) is 1. The summed E-state index contributed by atoms with van der Waals surface area (Å²) in [7, 11) is 1.79. The zero-order chi connectivity index (χ0) is 16.2. The van der Waals surface area contributed by atoms with E-state index in [0.717, 1.165) is 29.8 Å². The van der Waals surface area contributed by atoms with Gasteiger partial charge in [0.05, 0.1) is 12.8 Å². The Morgan fingerprint density at radius 1 is 1.30 bits per heavy atom. The highest BCUT2D eigenvalue weighted by Crippen LogP contribution is 2.28. The third-order valence-electron chi connectivity index (χ3n) is 4.74. The molecule has 0 unspecified atom stereocenters. The van der Waals surface area contributed by atoms with Crippen LogP contribution in [-0.4, -0.2) is 25.4 Å². The Morgan fingerprint density at radius 2 is 2.17 bits per heavy atom. The summed E-state index contributed by atoms with van der Waals surface area (Å²) >= 11 is 0. The van der Waals surface area contributed by atoms with Crippen LogP contribution in [0.1, 0.15) is 43.2 Å². The molecule has 1 aliphatic carbocycles. The predicted octanol–water partition coefficient (Wildman–Crippen LogP) is 2.75. The van der Waals surface area contributed by atoms with Crippen molar-refractivity contribution in [3.05, 3.63) is 41.0 Å². The molecule has 2 aliphatic rings. The fraction of sp³-hybridized carbons (Fsp3) is 0.474. The van der Waals surface area contributed by atoms with E-state index in [0.29, 0.717) is 12.8 Å². The molecule has 4 nitrogen and oxygen atoms in total. The largest absolute Gasteiger partial charge is 0.355 e. The van der Waals surface area contributed by atoms with Gasteiger partial charge in [0.2, 0.25) is 11.8 Å². The Balaban J connectivity index is 1.49. The third-order valence-corrected chi connectivity index (χ3v) is 4.74. The molecule has 23 heavy (non-hydrogen) atoms. The number of benzene rings is 1. The van der Waals surface area contributed by atoms with Gasteiger partial charge >= 0.3 is 0 Å². The summed E-state index contributed by atoms with van der Waals surface area (Å²) in [5.41, 5.74) is 4.44. The maximum atomic E-state index is 12.1. The van der Waals surface area contributed by atoms with E-state index in [1.54, 1.807) is 11.9 Å². The molecule has 1 heterocycles. The van der Waals surface area contributed by atoms with Gasteiger partial charge in [0, 0.05) is 19.3 Å². The van der Waals surface area contributed by atoms with E-state index in [9.17, 15) is 9.59 Å². The van der Waals surface area contributed by atoms with Crippen LogP contribution < -0.4 is 10.2 Å². The van der Waals surface area contributed by atoms with Crippen LogP contribution in [0, 0.1) is 0 Å². The van der Waals surface area contributed by atoms with Crippen molar-refractivity contribution < 1.29 is 9.59 Å². The van der Waals surface area contributed by atoms with Crippen LogP contribution in [0.4, 0.5) is 5.69 Å². The van der Waals surface area contributed by atoms with Gasteiger partial charge in [0.15, 0.2) is 0 Å². The van der Waals surface area contributed by atoms with Crippen molar-refractivity contribution in [1.29, 1.82) is 0 Å². The monoisotopic (exact) mass is 312 g/mol. The minimum Gasteiger partial charge on any atom is -0.355 e. The molecule has 122 valence electrons. The molecule has 4 heteroatoms. The number of carbonyl (C=O) groups excluding carboxylic acids is 2. The van der Waals surface area contributed by atoms with Gasteiger partial charge < -0.3 is 10.2 Å². The van der Waals surface area contributed by atoms with Crippen LogP contribution in [0.15, 0.2) is 29.8 Å². The predicted molar refractivity (Wildman–Crippen MR) is 91.4 cm³/mol. The summed E-state index contributed by atoms with van der Waals surface area (Å²) in [6.45, 7) is 0.719. The molecule has 0 atom stereocenters. The Morgan fingerprint density at radius 3 is 2.96 bits per heavy atom. The second kappa shape index (κ2) is 6.99. The number of carbonyl (C=O) groups is 2. The van der Waals surface area contributed by atoms with Crippen LogP contribution in [0.3, 0.4) is 0 Å². The van der Waals surface area contributed by atoms with Crippen molar-refractivity contribution in [2.24, 2.45) is 0 Å². The fourth-order valence-electron chi connectivity index (χ4n) is 3.38. The lowest BCUT2D eigenvalue weighted by Gasteiger charge is -2.13. The van der Waals surface area contributed by atoms with Crippen molar-refractivity contribution >= 4 is 17.5 Å². The Bertz CT molecular complexity index is 649. The van der Waals surface area contributed by atoms with Crippen molar-refractivity contribution in [3.8, 4) is 0 Å². The highest BCUT2D eigenvalue weighted by molar-refractivity contribution is 6.01. The van der Waals surface area contributed by atoms with E-state index in [1.165, 1.54) is 31.3 Å². The fourth-order valence-corrected chi connectivity index (χ4v) is 3.38. The van der Waals surface area contributed by atoms with E-state index in [2.05, 4.69) is 11.4 Å². The molecule has 2 amide bonds. The average molecular weight is 312 g/mol. The number of hydrogen-bond acceptors (Lipinski definition) is 2. The van der Waals surface area contributed by atoms with E-state index in [1.807, 2.05) is 18.2 Å². The van der Waals surface area contributed by atoms with Crippen LogP contribution in [-0.2, 0) is 22.4 Å². The molecular formula is C19H24N2O2. The quantitative estimate of drug-likeness (QED) is 0.850. The summed E-state index contributed by atoms with van der Waals surface area (Å²) < 4.78 is 0. The Hall–Kier alpha value is -2.10. The standard InChI is InChI=1S/C19H24N2O2/c1-21-17-8-7-15(11-16(17)13-19(21)23)12-18(22)20-10-9-14-5-3-2-4-6-14/h5,7-8,11H,2-4,6,9-10,12-13H2,1H3,(H,20,22). The van der Waals surface area contributed by atoms with E-state index < -0.39 is 0 Å². The normalized spacial score (nSPS) is 17.0. The van der Waals surface area contributed by atoms with E-state index in [-0.39, 0.29) is 11.8 Å². The molecule has 0 radical (unpaired) electrons. The number of fused-ring (bicyclic) bond motifs is 1. The third kappa shape index (κ3) is 3.81. The SMILES string of the molecule is CN1C(=O)Cc2cc(CC(=O)NCCC3=CCCCC3)ccc21. The smallest absolute Gasteiger partial charge is 0.231 e. The van der Waals surface area contributed by atoms with Crippen molar-refractivity contribution in [2.75, 3.05) is 18.5 Å². The summed E-state index contributed by atoms with van der Waals surface area (Å²) in [5.74, 6) is 0.168. The molecule has 0 spiro atoms. The first kappa shape index (κ1) is 15.8. The zero-order valence-corrected chi connectivity index (χ0v) is 13.7. The molecule has 1 aromatic rings. The summed E-state index contributed by atoms with van der Waals surface area (Å²) in [6.07, 6.45) is 9.06. The highest BCUT2D eigenvalue weighted by atomic mass is 16.2. The number of anilines is 1. The molecule has 0 saturated carbocycles. The first-order chi connectivity index (χ1) is 11.1. The number of amides is 2. The molecule has 0 saturated heterocycles. The Labute approximate surface area is 137 Å². The molecule has 1 N–H and O–H groups in total. The lowest BCUT2D eigenvalue weighted by atomic mass is 9.97. The number of nitrogens with one attached hydrogen (secondary N) is 1. The zero-order valence-electron chi connectivity index (χ0n) is 13.7. The van der Waals surface area contributed by atoms with Crippen LogP contribution in [0.5, 0.6) is 0 Å². The van der Waals surface area contributed by atoms with Crippen LogP contribution in [0.25, 0.3) is 0 Å². The molecular weight excluding hydrogens is 288 g/mol. The first-order valence-electron chi connectivity index (χ1n) is 8.46. The minimum absolute atomic E-state index is 0.0547. The van der Waals surface area contributed by atoms with Crippen molar-refractivity contribution in [2.45, 2.75) is 44.9 Å². The van der Waals surface area contributed by atoms with Crippen LogP contribution >= 0.6 is 0 Å². The highest BCUT2D eigenvalue weighted by Gasteiger charge is 2.23. The molecule has 0 aromatic heterocycles. The van der Waals surface area contributed by atoms with Gasteiger partial charge in [-0.1, -0.05) is 23.8 Å². The maximum Gasteiger partial charge on any atom is 0.231 e. The number of allylic oxidation sites excluding steroid dienone is 1. The van der Waals surface area contributed by atoms with Crippen molar-refractivity contribution in [3.63, 3.8) is 0 Å². The molecule has 0 fully saturated rings. The summed E-state index contributed by atoms with van der Waals surface area (Å²) in [5, 5.41) is 3.01. The molecule has 1 aliphatic heterocycles. The number of likely N-dealkylation sites (N-methyl/N-ethyl adjacent to an activating group) is 1. The van der Waals surface area contributed by atoms with Gasteiger partial charge in [-0.3, -0.25) is 9.59 Å². The second-order valence-corrected chi connectivity index (χ2v) is 6.48. The van der Waals surface area contributed by atoms with Gasteiger partial charge in [-0.05, 0) is 49.3 Å². The van der Waals surface area contributed by atoms with Gasteiger partial charge in [0.1, 0.15) is 0 Å². The number of rotatable bonds is 5. The first-order valence-corrected chi connectivity index (χ1v) is 8.46. The number of nitrogens with zero attached hydrogens (tertiary/aromatic N) is 1. The van der Waals surface area contributed by atoms with Gasteiger partial charge in [-0.25, -0.2) is 0 Å². The molecule has 0 bridgehead atoms. The maximum absolute atomic E-state index is 12.1. The van der Waals surface area contributed by atoms with Crippen molar-refractivity contribution in [1.82, 2.24) is 5.32 Å². The lowest BCUT2D eigenvalue weighted by molar-refractivity contribution is -0.120. The lowest BCUT2D eigenvalue weighted by Crippen LogP contribution is -2.26.